The van der Waals surface area contributed by atoms with Gasteiger partial charge in [-0.05, 0) is 25.7 Å². The maximum atomic E-state index is 10.2. The van der Waals surface area contributed by atoms with Gasteiger partial charge in [0.15, 0.2) is 0 Å². The average Bonchev–Trinajstić information content (AvgIpc) is 3.07. The molecule has 0 saturated carbocycles. The fraction of sp³-hybridized carbons (Fsp3) is 1.00. The number of halogens is 2. The summed E-state index contributed by atoms with van der Waals surface area (Å²) in [5.41, 5.74) is 0. The van der Waals surface area contributed by atoms with Crippen LogP contribution in [0.15, 0.2) is 0 Å². The summed E-state index contributed by atoms with van der Waals surface area (Å²) in [5.74, 6) is 0. The quantitative estimate of drug-likeness (QED) is 0.191. The van der Waals surface area contributed by atoms with Gasteiger partial charge in [-0.2, -0.15) is 0 Å². The molecule has 0 bridgehead atoms. The summed E-state index contributed by atoms with van der Waals surface area (Å²) in [7, 11) is 0. The third-order valence-electron chi connectivity index (χ3n) is 4.88. The lowest BCUT2D eigenvalue weighted by Gasteiger charge is -2.18. The standard InChI is InChI=1S/C19H38O2.I2/c1-3-5-6-7-8-9-10-11-12-13-14-18(20)19-16-15-17(4-2)21-19;1-2/h17-20H,3-16H2,1-2H3;/t17-,18+,19+;/m0./s1. The molecule has 1 N–H and O–H groups in total. The first kappa shape index (κ1) is 24.4. The van der Waals surface area contributed by atoms with Crippen molar-refractivity contribution in [1.29, 1.82) is 0 Å². The van der Waals surface area contributed by atoms with E-state index >= 15 is 0 Å². The molecule has 1 fully saturated rings. The summed E-state index contributed by atoms with van der Waals surface area (Å²) >= 11 is 4.24. The van der Waals surface area contributed by atoms with Gasteiger partial charge in [0.2, 0.25) is 0 Å². The first-order chi connectivity index (χ1) is 11.3. The van der Waals surface area contributed by atoms with E-state index in [1.807, 2.05) is 0 Å². The van der Waals surface area contributed by atoms with Gasteiger partial charge in [-0.3, -0.25) is 0 Å². The molecule has 2 nitrogen and oxygen atoms in total. The summed E-state index contributed by atoms with van der Waals surface area (Å²) in [6.45, 7) is 4.44. The van der Waals surface area contributed by atoms with E-state index in [0.717, 1.165) is 32.1 Å². The summed E-state index contributed by atoms with van der Waals surface area (Å²) in [4.78, 5) is 0. The number of hydrogen-bond donors (Lipinski definition) is 1. The SMILES string of the molecule is CCCCCCCCCCCC[C@@H](O)[C@H]1CC[C@H](CC)O1.II. The first-order valence-corrected chi connectivity index (χ1v) is 16.0. The molecule has 0 aromatic heterocycles. The van der Waals surface area contributed by atoms with Crippen LogP contribution in [-0.4, -0.2) is 23.4 Å². The third kappa shape index (κ3) is 13.3. The van der Waals surface area contributed by atoms with Gasteiger partial charge in [-0.1, -0.05) is 78.1 Å². The molecule has 1 saturated heterocycles. The molecule has 0 aliphatic carbocycles. The second-order valence-corrected chi connectivity index (χ2v) is 6.82. The van der Waals surface area contributed by atoms with Crippen LogP contribution in [0.25, 0.3) is 0 Å². The Morgan fingerprint density at radius 2 is 1.39 bits per heavy atom. The molecule has 1 heterocycles. The highest BCUT2D eigenvalue weighted by molar-refractivity contribution is 15.0. The zero-order valence-electron chi connectivity index (χ0n) is 15.2. The van der Waals surface area contributed by atoms with E-state index in [-0.39, 0.29) is 12.2 Å². The van der Waals surface area contributed by atoms with Gasteiger partial charge in [-0.25, -0.2) is 0 Å². The van der Waals surface area contributed by atoms with Crippen LogP contribution in [0.5, 0.6) is 0 Å². The zero-order chi connectivity index (χ0) is 17.3. The Morgan fingerprint density at radius 3 is 1.87 bits per heavy atom. The van der Waals surface area contributed by atoms with E-state index in [1.54, 1.807) is 0 Å². The van der Waals surface area contributed by atoms with Crippen LogP contribution in [0.1, 0.15) is 104 Å². The van der Waals surface area contributed by atoms with E-state index in [4.69, 9.17) is 4.74 Å². The molecule has 23 heavy (non-hydrogen) atoms. The maximum Gasteiger partial charge on any atom is 0.0838 e. The molecule has 0 aromatic rings. The molecular weight excluding hydrogens is 514 g/mol. The van der Waals surface area contributed by atoms with Crippen LogP contribution in [-0.2, 0) is 4.74 Å². The average molecular weight is 552 g/mol. The van der Waals surface area contributed by atoms with E-state index in [1.165, 1.54) is 57.8 Å². The molecule has 1 aliphatic heterocycles. The minimum Gasteiger partial charge on any atom is -0.390 e. The Balaban J connectivity index is 0.00000232. The van der Waals surface area contributed by atoms with Gasteiger partial charge in [0.25, 0.3) is 0 Å². The lowest BCUT2D eigenvalue weighted by molar-refractivity contribution is -0.0382. The fourth-order valence-corrected chi connectivity index (χ4v) is 3.34. The highest BCUT2D eigenvalue weighted by atomic mass is 128. The summed E-state index contributed by atoms with van der Waals surface area (Å²) < 4.78 is 5.86. The fourth-order valence-electron chi connectivity index (χ4n) is 3.34. The Kier molecular flexibility index (Phi) is 19.3. The van der Waals surface area contributed by atoms with Crippen LogP contribution >= 0.6 is 37.2 Å². The monoisotopic (exact) mass is 552 g/mol. The normalized spacial score (nSPS) is 21.8. The second kappa shape index (κ2) is 18.2. The van der Waals surface area contributed by atoms with Gasteiger partial charge in [0, 0.05) is 37.2 Å². The smallest absolute Gasteiger partial charge is 0.0838 e. The summed E-state index contributed by atoms with van der Waals surface area (Å²) in [5, 5.41) is 10.2. The Bertz CT molecular complexity index is 239. The molecule has 0 radical (unpaired) electrons. The van der Waals surface area contributed by atoms with Crippen molar-refractivity contribution in [3.63, 3.8) is 0 Å². The third-order valence-corrected chi connectivity index (χ3v) is 4.88. The second-order valence-electron chi connectivity index (χ2n) is 6.82. The van der Waals surface area contributed by atoms with Crippen LogP contribution in [0.3, 0.4) is 0 Å². The largest absolute Gasteiger partial charge is 0.390 e. The molecule has 0 spiro atoms. The molecule has 0 amide bonds. The van der Waals surface area contributed by atoms with Crippen LogP contribution in [0, 0.1) is 0 Å². The number of rotatable bonds is 13. The van der Waals surface area contributed by atoms with Crippen molar-refractivity contribution < 1.29 is 9.84 Å². The molecule has 0 unspecified atom stereocenters. The van der Waals surface area contributed by atoms with Crippen molar-refractivity contribution in [2.75, 3.05) is 0 Å². The topological polar surface area (TPSA) is 29.5 Å². The lowest BCUT2D eigenvalue weighted by atomic mass is 10.0. The number of aliphatic hydroxyl groups excluding tert-OH is 1. The zero-order valence-corrected chi connectivity index (χ0v) is 19.6. The van der Waals surface area contributed by atoms with Crippen LogP contribution in [0.2, 0.25) is 0 Å². The van der Waals surface area contributed by atoms with E-state index in [2.05, 4.69) is 51.1 Å². The van der Waals surface area contributed by atoms with Gasteiger partial charge in [-0.15, -0.1) is 0 Å². The minimum absolute atomic E-state index is 0.119. The lowest BCUT2D eigenvalue weighted by Crippen LogP contribution is -2.26. The van der Waals surface area contributed by atoms with E-state index in [9.17, 15) is 5.11 Å². The predicted octanol–water partition coefficient (Wildman–Crippen LogP) is 7.39. The van der Waals surface area contributed by atoms with Crippen molar-refractivity contribution in [2.45, 2.75) is 122 Å². The molecular formula is C19H38I2O2. The first-order valence-electron chi connectivity index (χ1n) is 9.75. The van der Waals surface area contributed by atoms with Gasteiger partial charge in [0.05, 0.1) is 18.3 Å². The van der Waals surface area contributed by atoms with Gasteiger partial charge >= 0.3 is 0 Å². The molecule has 3 atom stereocenters. The Hall–Kier alpha value is 1.38. The Labute approximate surface area is 168 Å². The van der Waals surface area contributed by atoms with E-state index in [0.29, 0.717) is 6.10 Å². The molecule has 1 rings (SSSR count). The molecule has 0 aromatic carbocycles. The van der Waals surface area contributed by atoms with Crippen molar-refractivity contribution in [1.82, 2.24) is 0 Å². The maximum absolute atomic E-state index is 10.2. The van der Waals surface area contributed by atoms with Crippen molar-refractivity contribution in [2.24, 2.45) is 0 Å². The minimum atomic E-state index is -0.226. The van der Waals surface area contributed by atoms with Crippen molar-refractivity contribution >= 4 is 37.2 Å². The highest BCUT2D eigenvalue weighted by Crippen LogP contribution is 2.26. The van der Waals surface area contributed by atoms with Crippen molar-refractivity contribution in [3.05, 3.63) is 0 Å². The van der Waals surface area contributed by atoms with Gasteiger partial charge in [0.1, 0.15) is 0 Å². The molecule has 140 valence electrons. The molecule has 1 aliphatic rings. The summed E-state index contributed by atoms with van der Waals surface area (Å²) in [6, 6.07) is 0. The van der Waals surface area contributed by atoms with Gasteiger partial charge < -0.3 is 9.84 Å². The molecule has 4 heteroatoms. The van der Waals surface area contributed by atoms with E-state index < -0.39 is 0 Å². The number of aliphatic hydroxyl groups is 1. The highest BCUT2D eigenvalue weighted by Gasteiger charge is 2.29. The number of unbranched alkanes of at least 4 members (excludes halogenated alkanes) is 9. The number of ether oxygens (including phenoxy) is 1. The summed E-state index contributed by atoms with van der Waals surface area (Å²) in [6.07, 6.45) is 18.0. The van der Waals surface area contributed by atoms with Crippen LogP contribution in [0.4, 0.5) is 0 Å². The van der Waals surface area contributed by atoms with Crippen molar-refractivity contribution in [3.8, 4) is 0 Å². The Morgan fingerprint density at radius 1 is 0.870 bits per heavy atom. The number of hydrogen-bond acceptors (Lipinski definition) is 2. The van der Waals surface area contributed by atoms with Crippen LogP contribution < -0.4 is 0 Å². The predicted molar refractivity (Wildman–Crippen MR) is 119 cm³/mol.